The summed E-state index contributed by atoms with van der Waals surface area (Å²) in [5.74, 6) is 0.569. The normalized spacial score (nSPS) is 11.2. The van der Waals surface area contributed by atoms with Crippen LogP contribution in [-0.2, 0) is 16.1 Å². The SMILES string of the molecule is CCOC(=O)C(C)(C)NCc1cc(C)ccc1OC. The molecule has 0 atom stereocenters. The van der Waals surface area contributed by atoms with Crippen LogP contribution < -0.4 is 10.1 Å². The van der Waals surface area contributed by atoms with E-state index in [2.05, 4.69) is 5.32 Å². The second-order valence-corrected chi connectivity index (χ2v) is 5.01. The molecule has 4 heteroatoms. The van der Waals surface area contributed by atoms with E-state index in [1.807, 2.05) is 39.0 Å². The van der Waals surface area contributed by atoms with Gasteiger partial charge in [-0.25, -0.2) is 0 Å². The zero-order valence-electron chi connectivity index (χ0n) is 12.4. The molecule has 0 radical (unpaired) electrons. The number of nitrogens with one attached hydrogen (secondary N) is 1. The van der Waals surface area contributed by atoms with Crippen LogP contribution in [-0.4, -0.2) is 25.2 Å². The number of carbonyl (C=O) groups is 1. The van der Waals surface area contributed by atoms with Gasteiger partial charge in [0.05, 0.1) is 13.7 Å². The summed E-state index contributed by atoms with van der Waals surface area (Å²) in [5.41, 5.74) is 1.47. The Morgan fingerprint density at radius 2 is 2.05 bits per heavy atom. The fraction of sp³-hybridized carbons (Fsp3) is 0.533. The number of hydrogen-bond donors (Lipinski definition) is 1. The van der Waals surface area contributed by atoms with Crippen molar-refractivity contribution < 1.29 is 14.3 Å². The van der Waals surface area contributed by atoms with E-state index in [4.69, 9.17) is 9.47 Å². The zero-order valence-corrected chi connectivity index (χ0v) is 12.4. The van der Waals surface area contributed by atoms with Gasteiger partial charge in [-0.1, -0.05) is 17.7 Å². The highest BCUT2D eigenvalue weighted by Crippen LogP contribution is 2.20. The Balaban J connectivity index is 2.75. The highest BCUT2D eigenvalue weighted by Gasteiger charge is 2.28. The first kappa shape index (κ1) is 15.5. The van der Waals surface area contributed by atoms with Crippen molar-refractivity contribution in [1.29, 1.82) is 0 Å². The van der Waals surface area contributed by atoms with Gasteiger partial charge in [0.15, 0.2) is 0 Å². The smallest absolute Gasteiger partial charge is 0.325 e. The van der Waals surface area contributed by atoms with E-state index >= 15 is 0 Å². The lowest BCUT2D eigenvalue weighted by atomic mass is 10.0. The van der Waals surface area contributed by atoms with Gasteiger partial charge in [-0.2, -0.15) is 0 Å². The minimum absolute atomic E-state index is 0.249. The molecular formula is C15H23NO3. The van der Waals surface area contributed by atoms with Gasteiger partial charge in [0, 0.05) is 12.1 Å². The quantitative estimate of drug-likeness (QED) is 0.803. The van der Waals surface area contributed by atoms with Crippen LogP contribution in [0.5, 0.6) is 5.75 Å². The van der Waals surface area contributed by atoms with Gasteiger partial charge in [-0.15, -0.1) is 0 Å². The second kappa shape index (κ2) is 6.57. The van der Waals surface area contributed by atoms with Gasteiger partial charge < -0.3 is 9.47 Å². The number of carbonyl (C=O) groups excluding carboxylic acids is 1. The molecule has 0 fully saturated rings. The summed E-state index contributed by atoms with van der Waals surface area (Å²) in [6, 6.07) is 5.98. The number of aryl methyl sites for hydroxylation is 1. The molecule has 0 aliphatic rings. The Morgan fingerprint density at radius 3 is 2.63 bits per heavy atom. The molecule has 0 saturated carbocycles. The molecule has 0 unspecified atom stereocenters. The van der Waals surface area contributed by atoms with E-state index in [1.165, 1.54) is 0 Å². The lowest BCUT2D eigenvalue weighted by Gasteiger charge is -2.24. The van der Waals surface area contributed by atoms with Crippen molar-refractivity contribution >= 4 is 5.97 Å². The van der Waals surface area contributed by atoms with Gasteiger partial charge in [0.2, 0.25) is 0 Å². The predicted molar refractivity (Wildman–Crippen MR) is 75.3 cm³/mol. The number of hydrogen-bond acceptors (Lipinski definition) is 4. The van der Waals surface area contributed by atoms with Crippen LogP contribution in [0, 0.1) is 6.92 Å². The van der Waals surface area contributed by atoms with Gasteiger partial charge in [-0.3, -0.25) is 10.1 Å². The van der Waals surface area contributed by atoms with Crippen molar-refractivity contribution in [3.8, 4) is 5.75 Å². The van der Waals surface area contributed by atoms with Crippen molar-refractivity contribution in [2.75, 3.05) is 13.7 Å². The lowest BCUT2D eigenvalue weighted by molar-refractivity contribution is -0.149. The van der Waals surface area contributed by atoms with Crippen molar-refractivity contribution in [3.05, 3.63) is 29.3 Å². The summed E-state index contributed by atoms with van der Waals surface area (Å²) in [6.45, 7) is 8.39. The first-order chi connectivity index (χ1) is 8.90. The monoisotopic (exact) mass is 265 g/mol. The molecule has 0 aromatic heterocycles. The number of esters is 1. The van der Waals surface area contributed by atoms with E-state index < -0.39 is 5.54 Å². The standard InChI is InChI=1S/C15H23NO3/c1-6-19-14(17)15(3,4)16-10-12-9-11(2)7-8-13(12)18-5/h7-9,16H,6,10H2,1-5H3. The molecule has 1 N–H and O–H groups in total. The summed E-state index contributed by atoms with van der Waals surface area (Å²) in [7, 11) is 1.64. The topological polar surface area (TPSA) is 47.6 Å². The van der Waals surface area contributed by atoms with Gasteiger partial charge in [0.25, 0.3) is 0 Å². The van der Waals surface area contributed by atoms with Crippen molar-refractivity contribution in [2.45, 2.75) is 39.8 Å². The third-order valence-electron chi connectivity index (χ3n) is 2.94. The van der Waals surface area contributed by atoms with Gasteiger partial charge in [0.1, 0.15) is 11.3 Å². The third-order valence-corrected chi connectivity index (χ3v) is 2.94. The molecule has 1 aromatic rings. The molecule has 0 heterocycles. The summed E-state index contributed by atoms with van der Waals surface area (Å²) < 4.78 is 10.4. The average molecular weight is 265 g/mol. The average Bonchev–Trinajstić information content (AvgIpc) is 2.37. The third kappa shape index (κ3) is 4.24. The number of benzene rings is 1. The van der Waals surface area contributed by atoms with E-state index in [-0.39, 0.29) is 5.97 Å². The van der Waals surface area contributed by atoms with Gasteiger partial charge in [-0.05, 0) is 33.8 Å². The van der Waals surface area contributed by atoms with Crippen LogP contribution >= 0.6 is 0 Å². The number of methoxy groups -OCH3 is 1. The van der Waals surface area contributed by atoms with E-state index in [0.29, 0.717) is 13.2 Å². The minimum Gasteiger partial charge on any atom is -0.496 e. The van der Waals surface area contributed by atoms with Crippen LogP contribution in [0.1, 0.15) is 31.9 Å². The van der Waals surface area contributed by atoms with E-state index in [0.717, 1.165) is 16.9 Å². The number of ether oxygens (including phenoxy) is 2. The van der Waals surface area contributed by atoms with Crippen LogP contribution in [0.25, 0.3) is 0 Å². The predicted octanol–water partition coefficient (Wildman–Crippen LogP) is 2.43. The molecule has 1 aromatic carbocycles. The maximum Gasteiger partial charge on any atom is 0.325 e. The van der Waals surface area contributed by atoms with Crippen LogP contribution in [0.15, 0.2) is 18.2 Å². The fourth-order valence-electron chi connectivity index (χ4n) is 1.75. The summed E-state index contributed by atoms with van der Waals surface area (Å²) >= 11 is 0. The highest BCUT2D eigenvalue weighted by atomic mass is 16.5. The molecule has 106 valence electrons. The van der Waals surface area contributed by atoms with Gasteiger partial charge >= 0.3 is 5.97 Å². The zero-order chi connectivity index (χ0) is 14.5. The molecule has 4 nitrogen and oxygen atoms in total. The summed E-state index contributed by atoms with van der Waals surface area (Å²) in [6.07, 6.45) is 0. The molecule has 0 aliphatic carbocycles. The van der Waals surface area contributed by atoms with Crippen LogP contribution in [0.4, 0.5) is 0 Å². The minimum atomic E-state index is -0.717. The maximum absolute atomic E-state index is 11.8. The maximum atomic E-state index is 11.8. The fourth-order valence-corrected chi connectivity index (χ4v) is 1.75. The molecule has 0 aliphatic heterocycles. The molecule has 0 amide bonds. The largest absolute Gasteiger partial charge is 0.496 e. The molecule has 0 spiro atoms. The van der Waals surface area contributed by atoms with Crippen molar-refractivity contribution in [3.63, 3.8) is 0 Å². The second-order valence-electron chi connectivity index (χ2n) is 5.01. The molecule has 1 rings (SSSR count). The van der Waals surface area contributed by atoms with Crippen LogP contribution in [0.3, 0.4) is 0 Å². The molecular weight excluding hydrogens is 242 g/mol. The van der Waals surface area contributed by atoms with Crippen molar-refractivity contribution in [2.24, 2.45) is 0 Å². The van der Waals surface area contributed by atoms with E-state index in [1.54, 1.807) is 14.0 Å². The summed E-state index contributed by atoms with van der Waals surface area (Å²) in [4.78, 5) is 11.8. The Kier molecular flexibility index (Phi) is 5.36. The highest BCUT2D eigenvalue weighted by molar-refractivity contribution is 5.79. The summed E-state index contributed by atoms with van der Waals surface area (Å²) in [5, 5.41) is 3.21. The van der Waals surface area contributed by atoms with Crippen LogP contribution in [0.2, 0.25) is 0 Å². The molecule has 19 heavy (non-hydrogen) atoms. The lowest BCUT2D eigenvalue weighted by Crippen LogP contribution is -2.47. The Labute approximate surface area is 115 Å². The van der Waals surface area contributed by atoms with Crippen molar-refractivity contribution in [1.82, 2.24) is 5.32 Å². The Morgan fingerprint density at radius 1 is 1.37 bits per heavy atom. The number of rotatable bonds is 6. The Bertz CT molecular complexity index is 441. The van der Waals surface area contributed by atoms with E-state index in [9.17, 15) is 4.79 Å². The molecule has 0 bridgehead atoms. The Hall–Kier alpha value is -1.55. The molecule has 0 saturated heterocycles. The first-order valence-corrected chi connectivity index (χ1v) is 6.46. The first-order valence-electron chi connectivity index (χ1n) is 6.46.